The Kier molecular flexibility index (Phi) is 4.44. The largest absolute Gasteiger partial charge is 0.320 e. The van der Waals surface area contributed by atoms with E-state index in [1.54, 1.807) is 6.07 Å². The van der Waals surface area contributed by atoms with E-state index in [9.17, 15) is 9.18 Å². The molecule has 130 valence electrons. The van der Waals surface area contributed by atoms with Crippen LogP contribution in [-0.2, 0) is 6.54 Å². The van der Waals surface area contributed by atoms with Crippen molar-refractivity contribution >= 4 is 6.03 Å². The van der Waals surface area contributed by atoms with E-state index in [-0.39, 0.29) is 17.9 Å². The number of rotatable bonds is 3. The zero-order valence-electron chi connectivity index (χ0n) is 14.2. The molecule has 1 aromatic rings. The molecule has 1 aliphatic carbocycles. The lowest BCUT2D eigenvalue weighted by Crippen LogP contribution is -2.51. The van der Waals surface area contributed by atoms with E-state index < -0.39 is 0 Å². The van der Waals surface area contributed by atoms with Gasteiger partial charge in [-0.1, -0.05) is 37.5 Å². The average Bonchev–Trinajstić information content (AvgIpc) is 2.94. The fraction of sp³-hybridized carbons (Fsp3) is 0.632. The quantitative estimate of drug-likeness (QED) is 0.851. The van der Waals surface area contributed by atoms with Gasteiger partial charge in [-0.05, 0) is 18.9 Å². The molecule has 0 spiro atoms. The van der Waals surface area contributed by atoms with Crippen molar-refractivity contribution in [3.05, 3.63) is 35.6 Å². The minimum atomic E-state index is -0.133. The van der Waals surface area contributed by atoms with Crippen molar-refractivity contribution in [3.8, 4) is 0 Å². The summed E-state index contributed by atoms with van der Waals surface area (Å²) in [6.45, 7) is 3.92. The number of hydrogen-bond donors (Lipinski definition) is 0. The predicted molar refractivity (Wildman–Crippen MR) is 91.1 cm³/mol. The second kappa shape index (κ2) is 6.71. The summed E-state index contributed by atoms with van der Waals surface area (Å²) < 4.78 is 13.9. The van der Waals surface area contributed by atoms with Crippen molar-refractivity contribution in [3.63, 3.8) is 0 Å². The molecule has 0 bridgehead atoms. The number of piperazine rings is 1. The second-order valence-electron chi connectivity index (χ2n) is 7.40. The molecule has 2 saturated heterocycles. The minimum absolute atomic E-state index is 0.133. The number of urea groups is 1. The monoisotopic (exact) mass is 331 g/mol. The maximum Gasteiger partial charge on any atom is 0.320 e. The molecule has 24 heavy (non-hydrogen) atoms. The Morgan fingerprint density at radius 1 is 0.958 bits per heavy atom. The maximum absolute atomic E-state index is 13.9. The molecule has 1 atom stereocenters. The van der Waals surface area contributed by atoms with Gasteiger partial charge in [0.15, 0.2) is 0 Å². The summed E-state index contributed by atoms with van der Waals surface area (Å²) in [6, 6.07) is 7.94. The van der Waals surface area contributed by atoms with Crippen LogP contribution < -0.4 is 0 Å². The van der Waals surface area contributed by atoms with E-state index in [2.05, 4.69) is 9.80 Å². The topological polar surface area (TPSA) is 26.8 Å². The SMILES string of the molecule is O=C1N(C2CCCCC2)C[C@H]2CN(Cc3ccccc3F)CCN12. The van der Waals surface area contributed by atoms with E-state index >= 15 is 0 Å². The number of nitrogens with zero attached hydrogens (tertiary/aromatic N) is 3. The molecule has 2 aliphatic heterocycles. The molecule has 1 aromatic carbocycles. The molecular weight excluding hydrogens is 305 g/mol. The highest BCUT2D eigenvalue weighted by Gasteiger charge is 2.43. The number of halogens is 1. The fourth-order valence-electron chi connectivity index (χ4n) is 4.51. The van der Waals surface area contributed by atoms with Crippen LogP contribution >= 0.6 is 0 Å². The Balaban J connectivity index is 1.40. The van der Waals surface area contributed by atoms with Crippen molar-refractivity contribution in [2.45, 2.75) is 50.7 Å². The lowest BCUT2D eigenvalue weighted by Gasteiger charge is -2.36. The van der Waals surface area contributed by atoms with Gasteiger partial charge < -0.3 is 9.80 Å². The van der Waals surface area contributed by atoms with Gasteiger partial charge >= 0.3 is 6.03 Å². The molecule has 5 heteroatoms. The van der Waals surface area contributed by atoms with Gasteiger partial charge in [-0.3, -0.25) is 4.90 Å². The summed E-state index contributed by atoms with van der Waals surface area (Å²) in [6.07, 6.45) is 6.12. The van der Waals surface area contributed by atoms with E-state index in [1.807, 2.05) is 17.0 Å². The number of carbonyl (C=O) groups excluding carboxylic acids is 1. The van der Waals surface area contributed by atoms with Crippen LogP contribution in [0, 0.1) is 5.82 Å². The van der Waals surface area contributed by atoms with E-state index in [0.29, 0.717) is 12.6 Å². The Bertz CT molecular complexity index is 602. The first kappa shape index (κ1) is 15.9. The van der Waals surface area contributed by atoms with Crippen LogP contribution in [0.4, 0.5) is 9.18 Å². The molecule has 0 N–H and O–H groups in total. The van der Waals surface area contributed by atoms with Crippen LogP contribution in [0.2, 0.25) is 0 Å². The van der Waals surface area contributed by atoms with Gasteiger partial charge in [0.25, 0.3) is 0 Å². The maximum atomic E-state index is 13.9. The summed E-state index contributed by atoms with van der Waals surface area (Å²) in [7, 11) is 0. The molecular formula is C19H26FN3O. The van der Waals surface area contributed by atoms with Crippen molar-refractivity contribution < 1.29 is 9.18 Å². The third-order valence-electron chi connectivity index (χ3n) is 5.83. The summed E-state index contributed by atoms with van der Waals surface area (Å²) in [5, 5.41) is 0. The molecule has 4 nitrogen and oxygen atoms in total. The van der Waals surface area contributed by atoms with Gasteiger partial charge in [-0.2, -0.15) is 0 Å². The molecule has 2 heterocycles. The van der Waals surface area contributed by atoms with Crippen LogP contribution in [0.1, 0.15) is 37.7 Å². The molecule has 2 amide bonds. The Labute approximate surface area is 143 Å². The molecule has 0 aromatic heterocycles. The first-order valence-electron chi connectivity index (χ1n) is 9.25. The number of fused-ring (bicyclic) bond motifs is 1. The highest BCUT2D eigenvalue weighted by Crippen LogP contribution is 2.29. The first-order valence-corrected chi connectivity index (χ1v) is 9.25. The molecule has 3 fully saturated rings. The number of carbonyl (C=O) groups is 1. The summed E-state index contributed by atoms with van der Waals surface area (Å²) >= 11 is 0. The van der Waals surface area contributed by atoms with Crippen molar-refractivity contribution in [1.82, 2.24) is 14.7 Å². The standard InChI is InChI=1S/C19H26FN3O/c20-18-9-5-4-6-15(18)12-21-10-11-22-17(13-21)14-23(19(22)24)16-7-2-1-3-8-16/h4-6,9,16-17H,1-3,7-8,10-14H2/t17-/m1/s1. The molecule has 0 radical (unpaired) electrons. The molecule has 4 rings (SSSR count). The van der Waals surface area contributed by atoms with Gasteiger partial charge in [0, 0.05) is 44.3 Å². The van der Waals surface area contributed by atoms with Crippen molar-refractivity contribution in [2.24, 2.45) is 0 Å². The Morgan fingerprint density at radius 3 is 2.54 bits per heavy atom. The third kappa shape index (κ3) is 3.02. The van der Waals surface area contributed by atoms with Crippen LogP contribution in [0.15, 0.2) is 24.3 Å². The van der Waals surface area contributed by atoms with Crippen LogP contribution in [-0.4, -0.2) is 59.0 Å². The summed E-state index contributed by atoms with van der Waals surface area (Å²) in [5.74, 6) is -0.133. The molecule has 3 aliphatic rings. The van der Waals surface area contributed by atoms with E-state index in [4.69, 9.17) is 0 Å². The number of benzene rings is 1. The van der Waals surface area contributed by atoms with Crippen LogP contribution in [0.25, 0.3) is 0 Å². The van der Waals surface area contributed by atoms with Crippen molar-refractivity contribution in [2.75, 3.05) is 26.2 Å². The molecule has 1 saturated carbocycles. The zero-order valence-corrected chi connectivity index (χ0v) is 14.2. The first-order chi connectivity index (χ1) is 11.7. The minimum Gasteiger partial charge on any atom is -0.320 e. The lowest BCUT2D eigenvalue weighted by atomic mass is 9.94. The highest BCUT2D eigenvalue weighted by atomic mass is 19.1. The summed E-state index contributed by atoms with van der Waals surface area (Å²) in [4.78, 5) is 19.2. The predicted octanol–water partition coefficient (Wildman–Crippen LogP) is 3.08. The Morgan fingerprint density at radius 2 is 1.75 bits per heavy atom. The van der Waals surface area contributed by atoms with E-state index in [0.717, 1.165) is 44.6 Å². The number of hydrogen-bond acceptors (Lipinski definition) is 2. The lowest BCUT2D eigenvalue weighted by molar-refractivity contribution is 0.115. The zero-order chi connectivity index (χ0) is 16.5. The van der Waals surface area contributed by atoms with Gasteiger partial charge in [-0.15, -0.1) is 0 Å². The van der Waals surface area contributed by atoms with Crippen LogP contribution in [0.3, 0.4) is 0 Å². The third-order valence-corrected chi connectivity index (χ3v) is 5.83. The van der Waals surface area contributed by atoms with Gasteiger partial charge in [-0.25, -0.2) is 9.18 Å². The summed E-state index contributed by atoms with van der Waals surface area (Å²) in [5.41, 5.74) is 0.749. The molecule has 0 unspecified atom stereocenters. The highest BCUT2D eigenvalue weighted by molar-refractivity contribution is 5.77. The van der Waals surface area contributed by atoms with Gasteiger partial charge in [0.05, 0.1) is 6.04 Å². The number of amides is 2. The van der Waals surface area contributed by atoms with Crippen molar-refractivity contribution in [1.29, 1.82) is 0 Å². The normalized spacial score (nSPS) is 26.0. The fourth-order valence-corrected chi connectivity index (χ4v) is 4.51. The smallest absolute Gasteiger partial charge is 0.320 e. The average molecular weight is 331 g/mol. The van der Waals surface area contributed by atoms with Gasteiger partial charge in [0.1, 0.15) is 5.82 Å². The second-order valence-corrected chi connectivity index (χ2v) is 7.40. The van der Waals surface area contributed by atoms with Gasteiger partial charge in [0.2, 0.25) is 0 Å². The van der Waals surface area contributed by atoms with E-state index in [1.165, 1.54) is 25.3 Å². The Hall–Kier alpha value is -1.62. The van der Waals surface area contributed by atoms with Crippen LogP contribution in [0.5, 0.6) is 0 Å².